The number of nitro groups is 1. The maximum atomic E-state index is 11.5. The monoisotopic (exact) mass is 354 g/mol. The summed E-state index contributed by atoms with van der Waals surface area (Å²) in [5.41, 5.74) is 2.26. The number of nitriles is 1. The number of hydrogen-bond acceptors (Lipinski definition) is 7. The maximum absolute atomic E-state index is 11.5. The number of morpholine rings is 1. The molecule has 0 amide bonds. The summed E-state index contributed by atoms with van der Waals surface area (Å²) in [6, 6.07) is 7.02. The van der Waals surface area contributed by atoms with E-state index in [1.54, 1.807) is 26.0 Å². The Balaban J connectivity index is 1.92. The van der Waals surface area contributed by atoms with Crippen molar-refractivity contribution in [3.63, 3.8) is 0 Å². The number of furan rings is 1. The van der Waals surface area contributed by atoms with Crippen molar-refractivity contribution in [1.82, 2.24) is 0 Å². The second kappa shape index (κ2) is 7.37. The summed E-state index contributed by atoms with van der Waals surface area (Å²) in [6.07, 6.45) is 1.47. The van der Waals surface area contributed by atoms with Crippen molar-refractivity contribution >= 4 is 23.5 Å². The number of aliphatic imine (C=N–C) groups is 1. The van der Waals surface area contributed by atoms with Gasteiger partial charge in [0.25, 0.3) is 5.69 Å². The van der Waals surface area contributed by atoms with Gasteiger partial charge in [0.1, 0.15) is 23.1 Å². The third kappa shape index (κ3) is 3.43. The minimum Gasteiger partial charge on any atom is -0.442 e. The molecule has 0 aliphatic carbocycles. The summed E-state index contributed by atoms with van der Waals surface area (Å²) in [5, 5.41) is 20.7. The van der Waals surface area contributed by atoms with Gasteiger partial charge in [-0.15, -0.1) is 0 Å². The Morgan fingerprint density at radius 2 is 2.08 bits per heavy atom. The molecule has 3 rings (SSSR count). The van der Waals surface area contributed by atoms with Crippen LogP contribution in [0.5, 0.6) is 0 Å². The van der Waals surface area contributed by atoms with Crippen LogP contribution in [-0.2, 0) is 4.74 Å². The minimum atomic E-state index is -0.399. The van der Waals surface area contributed by atoms with E-state index in [1.165, 1.54) is 12.3 Å². The van der Waals surface area contributed by atoms with E-state index in [0.717, 1.165) is 5.56 Å². The predicted molar refractivity (Wildman–Crippen MR) is 96.3 cm³/mol. The van der Waals surface area contributed by atoms with Crippen molar-refractivity contribution in [2.75, 3.05) is 31.2 Å². The van der Waals surface area contributed by atoms with Gasteiger partial charge in [-0.25, -0.2) is 4.99 Å². The minimum absolute atomic E-state index is 0.0168. The quantitative estimate of drug-likeness (QED) is 0.474. The molecule has 1 aromatic heterocycles. The number of benzene rings is 1. The van der Waals surface area contributed by atoms with E-state index in [1.807, 2.05) is 4.90 Å². The van der Waals surface area contributed by atoms with Crippen LogP contribution in [0, 0.1) is 35.3 Å². The molecule has 1 aliphatic heterocycles. The zero-order valence-corrected chi connectivity index (χ0v) is 14.6. The van der Waals surface area contributed by atoms with Gasteiger partial charge in [0.15, 0.2) is 0 Å². The predicted octanol–water partition coefficient (Wildman–Crippen LogP) is 3.26. The molecular formula is C18H18N4O4. The fourth-order valence-electron chi connectivity index (χ4n) is 2.80. The molecule has 0 atom stereocenters. The second-order valence-electron chi connectivity index (χ2n) is 5.94. The zero-order valence-electron chi connectivity index (χ0n) is 14.6. The normalized spacial score (nSPS) is 14.6. The Labute approximate surface area is 150 Å². The molecule has 0 spiro atoms. The summed E-state index contributed by atoms with van der Waals surface area (Å²) in [6.45, 7) is 5.88. The van der Waals surface area contributed by atoms with Crippen molar-refractivity contribution in [2.24, 2.45) is 4.99 Å². The topological polar surface area (TPSA) is 105 Å². The molecule has 1 fully saturated rings. The van der Waals surface area contributed by atoms with Crippen molar-refractivity contribution in [2.45, 2.75) is 13.8 Å². The van der Waals surface area contributed by atoms with E-state index in [2.05, 4.69) is 11.1 Å². The van der Waals surface area contributed by atoms with E-state index >= 15 is 0 Å². The van der Waals surface area contributed by atoms with Crippen LogP contribution in [0.2, 0.25) is 0 Å². The molecule has 2 aromatic rings. The lowest BCUT2D eigenvalue weighted by Crippen LogP contribution is -2.36. The summed E-state index contributed by atoms with van der Waals surface area (Å²) in [4.78, 5) is 17.2. The van der Waals surface area contributed by atoms with E-state index in [9.17, 15) is 15.4 Å². The molecule has 8 heteroatoms. The second-order valence-corrected chi connectivity index (χ2v) is 5.94. The highest BCUT2D eigenvalue weighted by molar-refractivity contribution is 5.85. The van der Waals surface area contributed by atoms with E-state index in [-0.39, 0.29) is 11.6 Å². The maximum Gasteiger partial charge on any atom is 0.293 e. The lowest BCUT2D eigenvalue weighted by Gasteiger charge is -2.28. The van der Waals surface area contributed by atoms with Gasteiger partial charge >= 0.3 is 0 Å². The average Bonchev–Trinajstić information content (AvgIpc) is 2.93. The molecule has 134 valence electrons. The lowest BCUT2D eigenvalue weighted by molar-refractivity contribution is -0.384. The first-order valence-electron chi connectivity index (χ1n) is 8.16. The number of rotatable bonds is 4. The number of ether oxygens (including phenoxy) is 1. The highest BCUT2D eigenvalue weighted by Crippen LogP contribution is 2.31. The van der Waals surface area contributed by atoms with Crippen LogP contribution in [0.25, 0.3) is 0 Å². The number of aryl methyl sites for hydroxylation is 1. The Hall–Kier alpha value is -3.18. The lowest BCUT2D eigenvalue weighted by atomic mass is 10.1. The first kappa shape index (κ1) is 17.6. The summed E-state index contributed by atoms with van der Waals surface area (Å²) < 4.78 is 10.8. The molecule has 0 radical (unpaired) electrons. The van der Waals surface area contributed by atoms with Crippen LogP contribution in [-0.4, -0.2) is 37.4 Å². The van der Waals surface area contributed by atoms with Crippen molar-refractivity contribution < 1.29 is 14.1 Å². The molecule has 8 nitrogen and oxygen atoms in total. The van der Waals surface area contributed by atoms with Crippen LogP contribution in [0.1, 0.15) is 22.5 Å². The van der Waals surface area contributed by atoms with Crippen LogP contribution in [0.3, 0.4) is 0 Å². The molecule has 2 heterocycles. The number of anilines is 1. The Morgan fingerprint density at radius 3 is 2.73 bits per heavy atom. The van der Waals surface area contributed by atoms with Gasteiger partial charge in [-0.2, -0.15) is 5.26 Å². The highest BCUT2D eigenvalue weighted by Gasteiger charge is 2.21. The zero-order chi connectivity index (χ0) is 18.7. The Kier molecular flexibility index (Phi) is 5.00. The summed E-state index contributed by atoms with van der Waals surface area (Å²) in [7, 11) is 0. The van der Waals surface area contributed by atoms with Gasteiger partial charge in [-0.1, -0.05) is 6.07 Å². The van der Waals surface area contributed by atoms with Crippen LogP contribution < -0.4 is 4.90 Å². The SMILES string of the molecule is Cc1oc(N=Cc2ccc(N3CCOCC3)c([N+](=O)[O-])c2)c(C#N)c1C. The van der Waals surface area contributed by atoms with Crippen LogP contribution in [0.4, 0.5) is 17.3 Å². The molecule has 0 saturated carbocycles. The summed E-state index contributed by atoms with van der Waals surface area (Å²) >= 11 is 0. The molecule has 1 saturated heterocycles. The highest BCUT2D eigenvalue weighted by atomic mass is 16.6. The first-order valence-corrected chi connectivity index (χ1v) is 8.16. The number of hydrogen-bond donors (Lipinski definition) is 0. The van der Waals surface area contributed by atoms with E-state index < -0.39 is 4.92 Å². The molecule has 0 N–H and O–H groups in total. The van der Waals surface area contributed by atoms with Gasteiger partial charge in [-0.3, -0.25) is 10.1 Å². The average molecular weight is 354 g/mol. The van der Waals surface area contributed by atoms with Gasteiger partial charge in [0, 0.05) is 30.9 Å². The standard InChI is InChI=1S/C18H18N4O4/c1-12-13(2)26-18(15(12)10-19)20-11-14-3-4-16(17(9-14)22(23)24)21-5-7-25-8-6-21/h3-4,9,11H,5-8H2,1-2H3. The van der Waals surface area contributed by atoms with Gasteiger partial charge in [0.2, 0.25) is 5.88 Å². The van der Waals surface area contributed by atoms with Crippen molar-refractivity contribution in [3.05, 3.63) is 50.8 Å². The van der Waals surface area contributed by atoms with Gasteiger partial charge in [-0.05, 0) is 25.5 Å². The van der Waals surface area contributed by atoms with Crippen molar-refractivity contribution in [3.8, 4) is 6.07 Å². The Bertz CT molecular complexity index is 905. The molecule has 1 aromatic carbocycles. The fourth-order valence-corrected chi connectivity index (χ4v) is 2.80. The number of nitrogens with zero attached hydrogens (tertiary/aromatic N) is 4. The van der Waals surface area contributed by atoms with Gasteiger partial charge < -0.3 is 14.1 Å². The molecule has 1 aliphatic rings. The largest absolute Gasteiger partial charge is 0.442 e. The fraction of sp³-hybridized carbons (Fsp3) is 0.333. The van der Waals surface area contributed by atoms with Crippen molar-refractivity contribution in [1.29, 1.82) is 5.26 Å². The van der Waals surface area contributed by atoms with E-state index in [4.69, 9.17) is 9.15 Å². The third-order valence-corrected chi connectivity index (χ3v) is 4.36. The smallest absolute Gasteiger partial charge is 0.293 e. The Morgan fingerprint density at radius 1 is 1.35 bits per heavy atom. The van der Waals surface area contributed by atoms with E-state index in [0.29, 0.717) is 48.9 Å². The number of nitro benzene ring substituents is 1. The molecule has 0 bridgehead atoms. The molecule has 26 heavy (non-hydrogen) atoms. The molecular weight excluding hydrogens is 336 g/mol. The molecule has 0 unspecified atom stereocenters. The summed E-state index contributed by atoms with van der Waals surface area (Å²) in [5.74, 6) is 0.838. The van der Waals surface area contributed by atoms with Crippen LogP contribution >= 0.6 is 0 Å². The van der Waals surface area contributed by atoms with Crippen LogP contribution in [0.15, 0.2) is 27.6 Å². The first-order chi connectivity index (χ1) is 12.5. The van der Waals surface area contributed by atoms with Gasteiger partial charge in [0.05, 0.1) is 18.1 Å². The third-order valence-electron chi connectivity index (χ3n) is 4.36.